The van der Waals surface area contributed by atoms with Gasteiger partial charge in [-0.2, -0.15) is 0 Å². The summed E-state index contributed by atoms with van der Waals surface area (Å²) in [6.45, 7) is 3.90. The van der Waals surface area contributed by atoms with Gasteiger partial charge in [0.15, 0.2) is 11.6 Å². The fraction of sp³-hybridized carbons (Fsp3) is 0.214. The summed E-state index contributed by atoms with van der Waals surface area (Å²) in [7, 11) is 0. The van der Waals surface area contributed by atoms with Crippen molar-refractivity contribution in [2.45, 2.75) is 19.9 Å². The lowest BCUT2D eigenvalue weighted by Crippen LogP contribution is -2.09. The number of aromatic nitrogens is 1. The van der Waals surface area contributed by atoms with E-state index in [2.05, 4.69) is 10.3 Å². The molecule has 94 valence electrons. The second-order valence-electron chi connectivity index (χ2n) is 4.26. The molecule has 1 aromatic heterocycles. The van der Waals surface area contributed by atoms with Crippen LogP contribution in [0.3, 0.4) is 0 Å². The lowest BCUT2D eigenvalue weighted by Gasteiger charge is -2.15. The van der Waals surface area contributed by atoms with Gasteiger partial charge in [0.05, 0.1) is 12.2 Å². The van der Waals surface area contributed by atoms with E-state index in [-0.39, 0.29) is 11.9 Å². The molecule has 1 N–H and O–H groups in total. The molecule has 2 aromatic rings. The molecular formula is C14H14F2N2. The fourth-order valence-corrected chi connectivity index (χ4v) is 1.66. The van der Waals surface area contributed by atoms with Gasteiger partial charge in [0.25, 0.3) is 0 Å². The molecule has 1 atom stereocenters. The summed E-state index contributed by atoms with van der Waals surface area (Å²) in [5.74, 6) is -1.31. The van der Waals surface area contributed by atoms with Crippen molar-refractivity contribution in [2.24, 2.45) is 0 Å². The second-order valence-corrected chi connectivity index (χ2v) is 4.26. The van der Waals surface area contributed by atoms with Crippen molar-refractivity contribution < 1.29 is 8.78 Å². The molecule has 2 rings (SSSR count). The van der Waals surface area contributed by atoms with E-state index in [4.69, 9.17) is 0 Å². The lowest BCUT2D eigenvalue weighted by atomic mass is 10.1. The fourth-order valence-electron chi connectivity index (χ4n) is 1.66. The van der Waals surface area contributed by atoms with E-state index < -0.39 is 11.6 Å². The van der Waals surface area contributed by atoms with Crippen LogP contribution in [0.15, 0.2) is 36.5 Å². The molecule has 0 saturated heterocycles. The molecule has 0 radical (unpaired) electrons. The molecule has 18 heavy (non-hydrogen) atoms. The first-order valence-corrected chi connectivity index (χ1v) is 5.70. The molecule has 1 unspecified atom stereocenters. The van der Waals surface area contributed by atoms with Crippen molar-refractivity contribution in [3.05, 3.63) is 59.3 Å². The van der Waals surface area contributed by atoms with Gasteiger partial charge in [-0.25, -0.2) is 13.8 Å². The third kappa shape index (κ3) is 2.83. The summed E-state index contributed by atoms with van der Waals surface area (Å²) < 4.78 is 26.1. The normalized spacial score (nSPS) is 12.2. The molecule has 0 aliphatic heterocycles. The highest BCUT2D eigenvalue weighted by Gasteiger charge is 2.10. The SMILES string of the molecule is Cc1ccc(C(C)Nc2ncc(F)cc2F)cc1. The summed E-state index contributed by atoms with van der Waals surface area (Å²) in [6, 6.07) is 8.63. The molecule has 0 saturated carbocycles. The van der Waals surface area contributed by atoms with Gasteiger partial charge in [-0.1, -0.05) is 29.8 Å². The Morgan fingerprint density at radius 3 is 2.44 bits per heavy atom. The van der Waals surface area contributed by atoms with E-state index in [1.165, 1.54) is 0 Å². The van der Waals surface area contributed by atoms with E-state index >= 15 is 0 Å². The van der Waals surface area contributed by atoms with Crippen molar-refractivity contribution in [3.8, 4) is 0 Å². The molecule has 0 spiro atoms. The molecular weight excluding hydrogens is 234 g/mol. The average Bonchev–Trinajstić information content (AvgIpc) is 2.33. The Morgan fingerprint density at radius 2 is 1.83 bits per heavy atom. The van der Waals surface area contributed by atoms with Crippen LogP contribution in [0.4, 0.5) is 14.6 Å². The molecule has 0 bridgehead atoms. The number of hydrogen-bond donors (Lipinski definition) is 1. The topological polar surface area (TPSA) is 24.9 Å². The summed E-state index contributed by atoms with van der Waals surface area (Å²) in [6.07, 6.45) is 0.993. The van der Waals surface area contributed by atoms with Crippen LogP contribution >= 0.6 is 0 Å². The highest BCUT2D eigenvalue weighted by atomic mass is 19.1. The number of aryl methyl sites for hydroxylation is 1. The minimum Gasteiger partial charge on any atom is -0.361 e. The van der Waals surface area contributed by atoms with Crippen molar-refractivity contribution in [1.29, 1.82) is 0 Å². The number of benzene rings is 1. The second kappa shape index (κ2) is 5.12. The highest BCUT2D eigenvalue weighted by molar-refractivity contribution is 5.39. The van der Waals surface area contributed by atoms with Crippen LogP contribution in [0.5, 0.6) is 0 Å². The van der Waals surface area contributed by atoms with Crippen LogP contribution in [-0.4, -0.2) is 4.98 Å². The minimum absolute atomic E-state index is 0.0597. The summed E-state index contributed by atoms with van der Waals surface area (Å²) in [5.41, 5.74) is 2.18. The van der Waals surface area contributed by atoms with Gasteiger partial charge in [0, 0.05) is 6.07 Å². The molecule has 4 heteroatoms. The van der Waals surface area contributed by atoms with Crippen molar-refractivity contribution in [1.82, 2.24) is 4.98 Å². The number of hydrogen-bond acceptors (Lipinski definition) is 2. The van der Waals surface area contributed by atoms with Crippen molar-refractivity contribution >= 4 is 5.82 Å². The van der Waals surface area contributed by atoms with Crippen LogP contribution in [0, 0.1) is 18.6 Å². The van der Waals surface area contributed by atoms with Gasteiger partial charge in [0.2, 0.25) is 0 Å². The Balaban J connectivity index is 2.15. The number of pyridine rings is 1. The number of halogens is 2. The third-order valence-corrected chi connectivity index (χ3v) is 2.74. The van der Waals surface area contributed by atoms with Crippen LogP contribution in [-0.2, 0) is 0 Å². The van der Waals surface area contributed by atoms with E-state index in [9.17, 15) is 8.78 Å². The van der Waals surface area contributed by atoms with Gasteiger partial charge >= 0.3 is 0 Å². The first kappa shape index (κ1) is 12.5. The first-order valence-electron chi connectivity index (χ1n) is 5.70. The Morgan fingerprint density at radius 1 is 1.17 bits per heavy atom. The first-order chi connectivity index (χ1) is 8.56. The maximum absolute atomic E-state index is 13.4. The smallest absolute Gasteiger partial charge is 0.168 e. The van der Waals surface area contributed by atoms with Gasteiger partial charge in [-0.05, 0) is 19.4 Å². The Hall–Kier alpha value is -1.97. The van der Waals surface area contributed by atoms with Crippen LogP contribution in [0.2, 0.25) is 0 Å². The molecule has 1 heterocycles. The van der Waals surface area contributed by atoms with E-state index in [1.807, 2.05) is 38.1 Å². The Labute approximate surface area is 105 Å². The average molecular weight is 248 g/mol. The largest absolute Gasteiger partial charge is 0.361 e. The minimum atomic E-state index is -0.686. The number of nitrogens with zero attached hydrogens (tertiary/aromatic N) is 1. The monoisotopic (exact) mass is 248 g/mol. The molecule has 1 aromatic carbocycles. The standard InChI is InChI=1S/C14H14F2N2/c1-9-3-5-11(6-4-9)10(2)18-14-13(16)7-12(15)8-17-14/h3-8,10H,1-2H3,(H,17,18). The highest BCUT2D eigenvalue weighted by Crippen LogP contribution is 2.20. The molecule has 0 amide bonds. The quantitative estimate of drug-likeness (QED) is 0.892. The predicted octanol–water partition coefficient (Wildman–Crippen LogP) is 3.84. The van der Waals surface area contributed by atoms with E-state index in [0.717, 1.165) is 23.4 Å². The Kier molecular flexibility index (Phi) is 3.55. The third-order valence-electron chi connectivity index (χ3n) is 2.74. The number of nitrogens with one attached hydrogen (secondary N) is 1. The van der Waals surface area contributed by atoms with Gasteiger partial charge < -0.3 is 5.32 Å². The lowest BCUT2D eigenvalue weighted by molar-refractivity contribution is 0.574. The zero-order valence-electron chi connectivity index (χ0n) is 10.2. The van der Waals surface area contributed by atoms with Crippen molar-refractivity contribution in [3.63, 3.8) is 0 Å². The predicted molar refractivity (Wildman–Crippen MR) is 67.4 cm³/mol. The maximum atomic E-state index is 13.4. The zero-order valence-corrected chi connectivity index (χ0v) is 10.2. The molecule has 0 aliphatic carbocycles. The van der Waals surface area contributed by atoms with E-state index in [0.29, 0.717) is 0 Å². The number of rotatable bonds is 3. The summed E-state index contributed by atoms with van der Waals surface area (Å²) in [4.78, 5) is 3.70. The zero-order chi connectivity index (χ0) is 13.1. The van der Waals surface area contributed by atoms with Crippen LogP contribution in [0.25, 0.3) is 0 Å². The summed E-state index contributed by atoms with van der Waals surface area (Å²) >= 11 is 0. The van der Waals surface area contributed by atoms with Crippen molar-refractivity contribution in [2.75, 3.05) is 5.32 Å². The van der Waals surface area contributed by atoms with Gasteiger partial charge in [-0.15, -0.1) is 0 Å². The molecule has 2 nitrogen and oxygen atoms in total. The number of anilines is 1. The summed E-state index contributed by atoms with van der Waals surface area (Å²) in [5, 5.41) is 2.92. The maximum Gasteiger partial charge on any atom is 0.168 e. The molecule has 0 fully saturated rings. The molecule has 0 aliphatic rings. The Bertz CT molecular complexity index is 538. The van der Waals surface area contributed by atoms with Crippen LogP contribution in [0.1, 0.15) is 24.1 Å². The van der Waals surface area contributed by atoms with Crippen LogP contribution < -0.4 is 5.32 Å². The van der Waals surface area contributed by atoms with Gasteiger partial charge in [0.1, 0.15) is 5.82 Å². The van der Waals surface area contributed by atoms with Gasteiger partial charge in [-0.3, -0.25) is 0 Å². The van der Waals surface area contributed by atoms with E-state index in [1.54, 1.807) is 0 Å².